The van der Waals surface area contributed by atoms with Crippen molar-refractivity contribution in [3.05, 3.63) is 53.8 Å². The van der Waals surface area contributed by atoms with E-state index in [1.54, 1.807) is 35.2 Å². The number of hydrogen-bond donors (Lipinski definition) is 1. The Balaban J connectivity index is 1.53. The van der Waals surface area contributed by atoms with Crippen LogP contribution < -0.4 is 14.8 Å². The molecule has 1 heterocycles. The van der Waals surface area contributed by atoms with Gasteiger partial charge >= 0.3 is 0 Å². The molecular formula is C21H24FN3O4. The number of piperazine rings is 1. The summed E-state index contributed by atoms with van der Waals surface area (Å²) in [7, 11) is 3.08. The minimum absolute atomic E-state index is 0.105. The average molecular weight is 401 g/mol. The van der Waals surface area contributed by atoms with Gasteiger partial charge in [0.1, 0.15) is 17.3 Å². The Kier molecular flexibility index (Phi) is 6.66. The maximum Gasteiger partial charge on any atom is 0.254 e. The summed E-state index contributed by atoms with van der Waals surface area (Å²) in [6, 6.07) is 10.9. The van der Waals surface area contributed by atoms with Gasteiger partial charge in [-0.05, 0) is 30.3 Å². The monoisotopic (exact) mass is 401 g/mol. The molecule has 0 saturated carbocycles. The molecule has 1 saturated heterocycles. The van der Waals surface area contributed by atoms with Gasteiger partial charge in [0.05, 0.1) is 20.8 Å². The van der Waals surface area contributed by atoms with E-state index >= 15 is 0 Å². The minimum atomic E-state index is -0.399. The smallest absolute Gasteiger partial charge is 0.254 e. The van der Waals surface area contributed by atoms with Crippen LogP contribution in [-0.4, -0.2) is 68.6 Å². The van der Waals surface area contributed by atoms with E-state index in [4.69, 9.17) is 9.47 Å². The highest BCUT2D eigenvalue weighted by Gasteiger charge is 2.24. The highest BCUT2D eigenvalue weighted by Crippen LogP contribution is 2.23. The molecule has 0 radical (unpaired) electrons. The molecule has 7 nitrogen and oxygen atoms in total. The summed E-state index contributed by atoms with van der Waals surface area (Å²) >= 11 is 0. The Hall–Kier alpha value is -3.13. The van der Waals surface area contributed by atoms with Crippen molar-refractivity contribution in [2.24, 2.45) is 0 Å². The highest BCUT2D eigenvalue weighted by molar-refractivity contribution is 5.95. The zero-order chi connectivity index (χ0) is 20.8. The first-order chi connectivity index (χ1) is 14.0. The van der Waals surface area contributed by atoms with Crippen molar-refractivity contribution in [2.75, 3.05) is 52.3 Å². The maximum atomic E-state index is 13.2. The Bertz CT molecular complexity index is 860. The minimum Gasteiger partial charge on any atom is -0.497 e. The fraction of sp³-hybridized carbons (Fsp3) is 0.333. The Morgan fingerprint density at radius 2 is 1.66 bits per heavy atom. The second kappa shape index (κ2) is 9.38. The lowest BCUT2D eigenvalue weighted by molar-refractivity contribution is -0.117. The summed E-state index contributed by atoms with van der Waals surface area (Å²) in [6.45, 7) is 2.34. The van der Waals surface area contributed by atoms with Gasteiger partial charge in [0, 0.05) is 43.5 Å². The average Bonchev–Trinajstić information content (AvgIpc) is 2.73. The van der Waals surface area contributed by atoms with E-state index in [0.29, 0.717) is 48.9 Å². The molecule has 29 heavy (non-hydrogen) atoms. The summed E-state index contributed by atoms with van der Waals surface area (Å²) in [5.74, 6) is 0.392. The number of halogens is 1. The first-order valence-corrected chi connectivity index (χ1v) is 9.28. The van der Waals surface area contributed by atoms with Gasteiger partial charge < -0.3 is 19.7 Å². The van der Waals surface area contributed by atoms with Crippen molar-refractivity contribution in [3.8, 4) is 11.5 Å². The molecule has 1 fully saturated rings. The van der Waals surface area contributed by atoms with Crippen molar-refractivity contribution >= 4 is 17.5 Å². The van der Waals surface area contributed by atoms with Crippen molar-refractivity contribution in [1.29, 1.82) is 0 Å². The number of rotatable bonds is 6. The Morgan fingerprint density at radius 3 is 2.24 bits per heavy atom. The molecule has 8 heteroatoms. The first kappa shape index (κ1) is 20.6. The third-order valence-corrected chi connectivity index (χ3v) is 4.73. The third kappa shape index (κ3) is 5.45. The van der Waals surface area contributed by atoms with Crippen LogP contribution in [0, 0.1) is 5.82 Å². The van der Waals surface area contributed by atoms with Crippen LogP contribution in [0.3, 0.4) is 0 Å². The van der Waals surface area contributed by atoms with Gasteiger partial charge in [0.2, 0.25) is 5.91 Å². The standard InChI is InChI=1S/C21H24FN3O4/c1-28-18-10-15(11-19(13-18)29-2)21(27)25-8-6-24(7-9-25)14-20(26)23-17-5-3-4-16(22)12-17/h3-5,10-13H,6-9,14H2,1-2H3,(H,23,26). The molecule has 0 spiro atoms. The number of nitrogens with zero attached hydrogens (tertiary/aromatic N) is 2. The summed E-state index contributed by atoms with van der Waals surface area (Å²) in [6.07, 6.45) is 0. The largest absolute Gasteiger partial charge is 0.497 e. The molecular weight excluding hydrogens is 377 g/mol. The molecule has 0 atom stereocenters. The normalized spacial score (nSPS) is 14.4. The van der Waals surface area contributed by atoms with Crippen molar-refractivity contribution in [1.82, 2.24) is 9.80 Å². The van der Waals surface area contributed by atoms with Gasteiger partial charge in [-0.15, -0.1) is 0 Å². The number of hydrogen-bond acceptors (Lipinski definition) is 5. The van der Waals surface area contributed by atoms with Crippen molar-refractivity contribution in [3.63, 3.8) is 0 Å². The Labute approximate surface area is 169 Å². The molecule has 0 bridgehead atoms. The summed E-state index contributed by atoms with van der Waals surface area (Å²) < 4.78 is 23.7. The van der Waals surface area contributed by atoms with Crippen LogP contribution in [0.25, 0.3) is 0 Å². The molecule has 2 aromatic rings. The SMILES string of the molecule is COc1cc(OC)cc(C(=O)N2CCN(CC(=O)Nc3cccc(F)c3)CC2)c1. The number of carbonyl (C=O) groups excluding carboxylic acids is 2. The first-order valence-electron chi connectivity index (χ1n) is 9.28. The van der Waals surface area contributed by atoms with Crippen LogP contribution in [-0.2, 0) is 4.79 Å². The second-order valence-electron chi connectivity index (χ2n) is 6.73. The van der Waals surface area contributed by atoms with E-state index in [-0.39, 0.29) is 18.4 Å². The van der Waals surface area contributed by atoms with Gasteiger partial charge in [0.15, 0.2) is 0 Å². The molecule has 1 N–H and O–H groups in total. The number of anilines is 1. The Morgan fingerprint density at radius 1 is 1.00 bits per heavy atom. The van der Waals surface area contributed by atoms with Gasteiger partial charge in [-0.25, -0.2) is 4.39 Å². The van der Waals surface area contributed by atoms with Crippen LogP contribution in [0.5, 0.6) is 11.5 Å². The van der Waals surface area contributed by atoms with Crippen LogP contribution in [0.2, 0.25) is 0 Å². The molecule has 3 rings (SSSR count). The van der Waals surface area contributed by atoms with E-state index in [0.717, 1.165) is 0 Å². The lowest BCUT2D eigenvalue weighted by Gasteiger charge is -2.34. The number of amides is 2. The summed E-state index contributed by atoms with van der Waals surface area (Å²) in [5, 5.41) is 2.69. The van der Waals surface area contributed by atoms with E-state index in [2.05, 4.69) is 5.32 Å². The molecule has 2 amide bonds. The van der Waals surface area contributed by atoms with Crippen LogP contribution in [0.4, 0.5) is 10.1 Å². The van der Waals surface area contributed by atoms with Crippen molar-refractivity contribution in [2.45, 2.75) is 0 Å². The number of carbonyl (C=O) groups is 2. The van der Waals surface area contributed by atoms with Crippen LogP contribution in [0.1, 0.15) is 10.4 Å². The third-order valence-electron chi connectivity index (χ3n) is 4.73. The number of methoxy groups -OCH3 is 2. The predicted molar refractivity (Wildman–Crippen MR) is 107 cm³/mol. The maximum absolute atomic E-state index is 13.2. The molecule has 1 aliphatic rings. The fourth-order valence-corrected chi connectivity index (χ4v) is 3.19. The lowest BCUT2D eigenvalue weighted by Crippen LogP contribution is -2.50. The molecule has 0 aromatic heterocycles. The molecule has 2 aromatic carbocycles. The van der Waals surface area contributed by atoms with Crippen LogP contribution >= 0.6 is 0 Å². The van der Waals surface area contributed by atoms with E-state index in [1.807, 2.05) is 4.90 Å². The lowest BCUT2D eigenvalue weighted by atomic mass is 10.1. The predicted octanol–water partition coefficient (Wildman–Crippen LogP) is 2.24. The van der Waals surface area contributed by atoms with Crippen molar-refractivity contribution < 1.29 is 23.5 Å². The quantitative estimate of drug-likeness (QED) is 0.804. The molecule has 0 aliphatic carbocycles. The molecule has 0 unspecified atom stereocenters. The zero-order valence-electron chi connectivity index (χ0n) is 16.5. The number of benzene rings is 2. The number of ether oxygens (including phenoxy) is 2. The topological polar surface area (TPSA) is 71.1 Å². The fourth-order valence-electron chi connectivity index (χ4n) is 3.19. The van der Waals surface area contributed by atoms with E-state index < -0.39 is 5.82 Å². The van der Waals surface area contributed by atoms with Crippen LogP contribution in [0.15, 0.2) is 42.5 Å². The van der Waals surface area contributed by atoms with Gasteiger partial charge in [-0.2, -0.15) is 0 Å². The highest BCUT2D eigenvalue weighted by atomic mass is 19.1. The van der Waals surface area contributed by atoms with E-state index in [9.17, 15) is 14.0 Å². The summed E-state index contributed by atoms with van der Waals surface area (Å²) in [5.41, 5.74) is 0.925. The zero-order valence-corrected chi connectivity index (χ0v) is 16.5. The van der Waals surface area contributed by atoms with Gasteiger partial charge in [0.25, 0.3) is 5.91 Å². The number of nitrogens with one attached hydrogen (secondary N) is 1. The van der Waals surface area contributed by atoms with Gasteiger partial charge in [-0.1, -0.05) is 6.07 Å². The molecule has 1 aliphatic heterocycles. The second-order valence-corrected chi connectivity index (χ2v) is 6.73. The summed E-state index contributed by atoms with van der Waals surface area (Å²) in [4.78, 5) is 28.7. The molecule has 154 valence electrons. The van der Waals surface area contributed by atoms with E-state index in [1.165, 1.54) is 26.4 Å². The van der Waals surface area contributed by atoms with Gasteiger partial charge in [-0.3, -0.25) is 14.5 Å².